The van der Waals surface area contributed by atoms with Crippen LogP contribution in [0.2, 0.25) is 0 Å². The van der Waals surface area contributed by atoms with E-state index in [1.165, 1.54) is 5.56 Å². The van der Waals surface area contributed by atoms with E-state index in [4.69, 9.17) is 4.74 Å². The maximum atomic E-state index is 11.6. The van der Waals surface area contributed by atoms with Crippen LogP contribution in [0.1, 0.15) is 43.9 Å². The van der Waals surface area contributed by atoms with E-state index in [2.05, 4.69) is 50.1 Å². The van der Waals surface area contributed by atoms with Crippen LogP contribution in [-0.2, 0) is 16.8 Å². The monoisotopic (exact) mass is 335 g/mol. The van der Waals surface area contributed by atoms with Gasteiger partial charge < -0.3 is 10.1 Å². The van der Waals surface area contributed by atoms with Gasteiger partial charge in [0.15, 0.2) is 0 Å². The van der Waals surface area contributed by atoms with Gasteiger partial charge in [-0.15, -0.1) is 0 Å². The molecule has 0 unspecified atom stereocenters. The summed E-state index contributed by atoms with van der Waals surface area (Å²) in [5, 5.41) is 2.71. The third-order valence-corrected chi connectivity index (χ3v) is 3.69. The minimum atomic E-state index is -0.416. The van der Waals surface area contributed by atoms with Crippen LogP contribution in [0.25, 0.3) is 0 Å². The third kappa shape index (κ3) is 6.73. The topological polar surface area (TPSA) is 38.3 Å². The first-order valence-electron chi connectivity index (χ1n) is 8.49. The van der Waals surface area contributed by atoms with Crippen LogP contribution in [0.5, 0.6) is 0 Å². The molecule has 1 N–H and O–H groups in total. The van der Waals surface area contributed by atoms with Crippen molar-refractivity contribution in [1.29, 1.82) is 0 Å². The zero-order chi connectivity index (χ0) is 18.1. The molecule has 2 aromatic carbocycles. The second-order valence-electron chi connectivity index (χ2n) is 6.87. The number of hydrogen-bond donors (Lipinski definition) is 1. The molecular weight excluding hydrogens is 310 g/mol. The first kappa shape index (κ1) is 18.6. The van der Waals surface area contributed by atoms with Gasteiger partial charge in [0.1, 0.15) is 6.61 Å². The summed E-state index contributed by atoms with van der Waals surface area (Å²) in [7, 11) is 0. The molecular formula is C22H25NO2. The van der Waals surface area contributed by atoms with Crippen molar-refractivity contribution >= 4 is 6.09 Å². The van der Waals surface area contributed by atoms with Crippen LogP contribution < -0.4 is 5.32 Å². The van der Waals surface area contributed by atoms with Gasteiger partial charge >= 0.3 is 6.09 Å². The predicted molar refractivity (Wildman–Crippen MR) is 101 cm³/mol. The van der Waals surface area contributed by atoms with E-state index in [-0.39, 0.29) is 12.0 Å². The maximum absolute atomic E-state index is 11.6. The van der Waals surface area contributed by atoms with E-state index in [9.17, 15) is 4.79 Å². The number of ether oxygens (including phenoxy) is 1. The van der Waals surface area contributed by atoms with E-state index in [1.807, 2.05) is 42.5 Å². The minimum absolute atomic E-state index is 0.113. The summed E-state index contributed by atoms with van der Waals surface area (Å²) >= 11 is 0. The second kappa shape index (κ2) is 8.94. The fourth-order valence-corrected chi connectivity index (χ4v) is 2.23. The average molecular weight is 335 g/mol. The van der Waals surface area contributed by atoms with Gasteiger partial charge in [-0.1, -0.05) is 75.1 Å². The highest BCUT2D eigenvalue weighted by Crippen LogP contribution is 2.22. The maximum Gasteiger partial charge on any atom is 0.407 e. The largest absolute Gasteiger partial charge is 0.445 e. The lowest BCUT2D eigenvalue weighted by atomic mass is 9.86. The SMILES string of the molecule is CC(C)(C)c1cccc(C#CCCNC(=O)OCc2ccccc2)c1. The van der Waals surface area contributed by atoms with Crippen molar-refractivity contribution in [1.82, 2.24) is 5.32 Å². The summed E-state index contributed by atoms with van der Waals surface area (Å²) in [5.41, 5.74) is 3.35. The molecule has 3 nitrogen and oxygen atoms in total. The Morgan fingerprint density at radius 1 is 1.08 bits per heavy atom. The molecule has 0 aliphatic rings. The minimum Gasteiger partial charge on any atom is -0.445 e. The number of rotatable bonds is 4. The zero-order valence-electron chi connectivity index (χ0n) is 15.1. The molecule has 0 aliphatic heterocycles. The fourth-order valence-electron chi connectivity index (χ4n) is 2.23. The number of alkyl carbamates (subject to hydrolysis) is 1. The Balaban J connectivity index is 1.73. The second-order valence-corrected chi connectivity index (χ2v) is 6.87. The molecule has 0 heterocycles. The summed E-state index contributed by atoms with van der Waals surface area (Å²) in [5.74, 6) is 6.24. The Bertz CT molecular complexity index is 749. The number of amides is 1. The number of carbonyl (C=O) groups is 1. The lowest BCUT2D eigenvalue weighted by Gasteiger charge is -2.18. The molecule has 25 heavy (non-hydrogen) atoms. The molecule has 1 amide bonds. The summed E-state index contributed by atoms with van der Waals surface area (Å²) in [6.45, 7) is 7.30. The normalized spacial score (nSPS) is 10.5. The molecule has 0 fully saturated rings. The molecule has 130 valence electrons. The molecule has 3 heteroatoms. The summed E-state index contributed by atoms with van der Waals surface area (Å²) in [6, 6.07) is 17.9. The first-order valence-corrected chi connectivity index (χ1v) is 8.49. The molecule has 2 aromatic rings. The molecule has 0 saturated heterocycles. The summed E-state index contributed by atoms with van der Waals surface area (Å²) in [6.07, 6.45) is 0.167. The van der Waals surface area contributed by atoms with Crippen molar-refractivity contribution in [3.8, 4) is 11.8 Å². The van der Waals surface area contributed by atoms with Crippen molar-refractivity contribution in [2.75, 3.05) is 6.54 Å². The van der Waals surface area contributed by atoms with Gasteiger partial charge in [0, 0.05) is 18.5 Å². The molecule has 2 rings (SSSR count). The molecule has 0 aromatic heterocycles. The van der Waals surface area contributed by atoms with Gasteiger partial charge in [0.2, 0.25) is 0 Å². The zero-order valence-corrected chi connectivity index (χ0v) is 15.1. The Kier molecular flexibility index (Phi) is 6.65. The van der Waals surface area contributed by atoms with Gasteiger partial charge in [-0.25, -0.2) is 4.79 Å². The van der Waals surface area contributed by atoms with Gasteiger partial charge in [-0.05, 0) is 28.7 Å². The van der Waals surface area contributed by atoms with Crippen LogP contribution in [0, 0.1) is 11.8 Å². The van der Waals surface area contributed by atoms with Crippen LogP contribution in [0.3, 0.4) is 0 Å². The van der Waals surface area contributed by atoms with Crippen molar-refractivity contribution in [2.45, 2.75) is 39.2 Å². The summed E-state index contributed by atoms with van der Waals surface area (Å²) in [4.78, 5) is 11.6. The lowest BCUT2D eigenvalue weighted by Crippen LogP contribution is -2.24. The van der Waals surface area contributed by atoms with Crippen molar-refractivity contribution in [3.05, 3.63) is 71.3 Å². The van der Waals surface area contributed by atoms with Crippen LogP contribution in [0.4, 0.5) is 4.79 Å². The van der Waals surface area contributed by atoms with Gasteiger partial charge in [0.25, 0.3) is 0 Å². The lowest BCUT2D eigenvalue weighted by molar-refractivity contribution is 0.140. The predicted octanol–water partition coefficient (Wildman–Crippen LogP) is 4.65. The first-order chi connectivity index (χ1) is 11.9. The highest BCUT2D eigenvalue weighted by atomic mass is 16.5. The van der Waals surface area contributed by atoms with E-state index < -0.39 is 6.09 Å². The van der Waals surface area contributed by atoms with Crippen LogP contribution in [-0.4, -0.2) is 12.6 Å². The summed E-state index contributed by atoms with van der Waals surface area (Å²) < 4.78 is 5.15. The molecule has 0 atom stereocenters. The molecule has 0 aliphatic carbocycles. The van der Waals surface area contributed by atoms with Crippen molar-refractivity contribution in [3.63, 3.8) is 0 Å². The van der Waals surface area contributed by atoms with Gasteiger partial charge in [0.05, 0.1) is 0 Å². The van der Waals surface area contributed by atoms with Gasteiger partial charge in [-0.3, -0.25) is 0 Å². The Morgan fingerprint density at radius 2 is 1.84 bits per heavy atom. The molecule has 0 bridgehead atoms. The highest BCUT2D eigenvalue weighted by molar-refractivity contribution is 5.67. The third-order valence-electron chi connectivity index (χ3n) is 3.69. The van der Waals surface area contributed by atoms with Crippen molar-refractivity contribution in [2.24, 2.45) is 0 Å². The van der Waals surface area contributed by atoms with Crippen molar-refractivity contribution < 1.29 is 9.53 Å². The van der Waals surface area contributed by atoms with Crippen LogP contribution in [0.15, 0.2) is 54.6 Å². The standard InChI is InChI=1S/C22H25NO2/c1-22(2,3)20-14-9-13-18(16-20)10-7-8-15-23-21(24)25-17-19-11-5-4-6-12-19/h4-6,9,11-14,16H,8,15,17H2,1-3H3,(H,23,24). The fraction of sp³-hybridized carbons (Fsp3) is 0.318. The van der Waals surface area contributed by atoms with Crippen LogP contribution >= 0.6 is 0 Å². The van der Waals surface area contributed by atoms with E-state index >= 15 is 0 Å². The average Bonchev–Trinajstić information content (AvgIpc) is 2.60. The number of hydrogen-bond acceptors (Lipinski definition) is 2. The highest BCUT2D eigenvalue weighted by Gasteiger charge is 2.12. The Labute approximate surface area is 150 Å². The Morgan fingerprint density at radius 3 is 2.56 bits per heavy atom. The number of carbonyl (C=O) groups excluding carboxylic acids is 1. The number of benzene rings is 2. The van der Waals surface area contributed by atoms with E-state index in [0.29, 0.717) is 13.0 Å². The molecule has 0 saturated carbocycles. The smallest absolute Gasteiger partial charge is 0.407 e. The quantitative estimate of drug-likeness (QED) is 0.652. The number of nitrogens with one attached hydrogen (secondary N) is 1. The van der Waals surface area contributed by atoms with E-state index in [1.54, 1.807) is 0 Å². The van der Waals surface area contributed by atoms with E-state index in [0.717, 1.165) is 11.1 Å². The van der Waals surface area contributed by atoms with Gasteiger partial charge in [-0.2, -0.15) is 0 Å². The Hall–Kier alpha value is -2.73. The molecule has 0 spiro atoms. The molecule has 0 radical (unpaired) electrons.